The van der Waals surface area contributed by atoms with Crippen LogP contribution in [0.5, 0.6) is 0 Å². The van der Waals surface area contributed by atoms with Gasteiger partial charge in [0.05, 0.1) is 25.3 Å². The number of amides is 1. The summed E-state index contributed by atoms with van der Waals surface area (Å²) in [6.07, 6.45) is 0.284. The van der Waals surface area contributed by atoms with E-state index in [1.54, 1.807) is 0 Å². The van der Waals surface area contributed by atoms with Crippen molar-refractivity contribution in [1.29, 1.82) is 0 Å². The van der Waals surface area contributed by atoms with Gasteiger partial charge >= 0.3 is 0 Å². The van der Waals surface area contributed by atoms with Crippen LogP contribution in [0.15, 0.2) is 34.9 Å². The molecular formula is C17H20N2O3. The summed E-state index contributed by atoms with van der Waals surface area (Å²) >= 11 is 0. The number of morpholine rings is 1. The second-order valence-electron chi connectivity index (χ2n) is 5.59. The minimum absolute atomic E-state index is 0.0523. The molecule has 1 saturated heterocycles. The molecule has 1 fully saturated rings. The van der Waals surface area contributed by atoms with Gasteiger partial charge in [0.25, 0.3) is 0 Å². The summed E-state index contributed by atoms with van der Waals surface area (Å²) in [7, 11) is 0. The second-order valence-corrected chi connectivity index (χ2v) is 5.59. The van der Waals surface area contributed by atoms with Gasteiger partial charge < -0.3 is 14.2 Å². The molecule has 1 aromatic heterocycles. The van der Waals surface area contributed by atoms with E-state index in [9.17, 15) is 4.79 Å². The Morgan fingerprint density at radius 3 is 2.77 bits per heavy atom. The third-order valence-electron chi connectivity index (χ3n) is 4.10. The van der Waals surface area contributed by atoms with Crippen LogP contribution in [0.1, 0.15) is 28.7 Å². The zero-order valence-electron chi connectivity index (χ0n) is 12.9. The second kappa shape index (κ2) is 6.32. The average molecular weight is 300 g/mol. The molecule has 0 unspecified atom stereocenters. The molecule has 0 radical (unpaired) electrons. The standard InChI is InChI=1S/C17H20N2O3/c1-12-15(13(2)22-18-12)10-17(20)19-8-9-21-16(11-19)14-6-4-3-5-7-14/h3-7,16H,8-11H2,1-2H3/t16-/m0/s1. The van der Waals surface area contributed by atoms with E-state index in [-0.39, 0.29) is 12.0 Å². The molecular weight excluding hydrogens is 280 g/mol. The highest BCUT2D eigenvalue weighted by Crippen LogP contribution is 2.23. The number of aryl methyl sites for hydroxylation is 2. The average Bonchev–Trinajstić information content (AvgIpc) is 2.88. The van der Waals surface area contributed by atoms with Crippen LogP contribution >= 0.6 is 0 Å². The molecule has 0 aliphatic carbocycles. The van der Waals surface area contributed by atoms with Gasteiger partial charge in [-0.05, 0) is 19.4 Å². The molecule has 1 atom stereocenters. The fourth-order valence-electron chi connectivity index (χ4n) is 2.76. The number of hydrogen-bond donors (Lipinski definition) is 0. The van der Waals surface area contributed by atoms with Crippen molar-refractivity contribution in [2.75, 3.05) is 19.7 Å². The van der Waals surface area contributed by atoms with Crippen molar-refractivity contribution < 1.29 is 14.1 Å². The number of carbonyl (C=O) groups excluding carboxylic acids is 1. The molecule has 0 saturated carbocycles. The molecule has 22 heavy (non-hydrogen) atoms. The van der Waals surface area contributed by atoms with Crippen molar-refractivity contribution in [2.45, 2.75) is 26.4 Å². The number of hydrogen-bond acceptors (Lipinski definition) is 4. The van der Waals surface area contributed by atoms with Gasteiger partial charge in [0.1, 0.15) is 11.9 Å². The van der Waals surface area contributed by atoms with E-state index in [1.807, 2.05) is 49.1 Å². The summed E-state index contributed by atoms with van der Waals surface area (Å²) in [5.41, 5.74) is 2.80. The Hall–Kier alpha value is -2.14. The smallest absolute Gasteiger partial charge is 0.227 e. The molecule has 0 bridgehead atoms. The van der Waals surface area contributed by atoms with Gasteiger partial charge in [-0.1, -0.05) is 35.5 Å². The van der Waals surface area contributed by atoms with Gasteiger partial charge in [-0.25, -0.2) is 0 Å². The van der Waals surface area contributed by atoms with Crippen LogP contribution in [0.3, 0.4) is 0 Å². The SMILES string of the molecule is Cc1noc(C)c1CC(=O)N1CCO[C@H](c2ccccc2)C1. The van der Waals surface area contributed by atoms with Gasteiger partial charge in [-0.15, -0.1) is 0 Å². The normalized spacial score (nSPS) is 18.5. The van der Waals surface area contributed by atoms with Gasteiger partial charge in [-0.2, -0.15) is 0 Å². The van der Waals surface area contributed by atoms with E-state index in [0.717, 1.165) is 22.6 Å². The van der Waals surface area contributed by atoms with Crippen molar-refractivity contribution in [3.8, 4) is 0 Å². The Bertz CT molecular complexity index is 632. The molecule has 2 aromatic rings. The monoisotopic (exact) mass is 300 g/mol. The number of carbonyl (C=O) groups is 1. The summed E-state index contributed by atoms with van der Waals surface area (Å²) < 4.78 is 10.9. The minimum atomic E-state index is -0.0523. The Balaban J connectivity index is 1.68. The van der Waals surface area contributed by atoms with E-state index in [2.05, 4.69) is 5.16 Å². The lowest BCUT2D eigenvalue weighted by Crippen LogP contribution is -2.43. The summed E-state index contributed by atoms with van der Waals surface area (Å²) in [6, 6.07) is 10.0. The van der Waals surface area contributed by atoms with Crippen LogP contribution in [0, 0.1) is 13.8 Å². The molecule has 5 heteroatoms. The zero-order chi connectivity index (χ0) is 15.5. The summed E-state index contributed by atoms with van der Waals surface area (Å²) in [5.74, 6) is 0.817. The van der Waals surface area contributed by atoms with Gasteiger partial charge in [-0.3, -0.25) is 4.79 Å². The topological polar surface area (TPSA) is 55.6 Å². The summed E-state index contributed by atoms with van der Waals surface area (Å²) in [5, 5.41) is 3.91. The summed E-state index contributed by atoms with van der Waals surface area (Å²) in [4.78, 5) is 14.4. The van der Waals surface area contributed by atoms with Crippen LogP contribution in [-0.4, -0.2) is 35.7 Å². The quantitative estimate of drug-likeness (QED) is 0.873. The van der Waals surface area contributed by atoms with Crippen molar-refractivity contribution in [3.05, 3.63) is 52.9 Å². The number of benzene rings is 1. The van der Waals surface area contributed by atoms with Crippen LogP contribution in [0.2, 0.25) is 0 Å². The lowest BCUT2D eigenvalue weighted by atomic mass is 10.1. The molecule has 1 aromatic carbocycles. The third kappa shape index (κ3) is 3.04. The van der Waals surface area contributed by atoms with E-state index in [0.29, 0.717) is 26.1 Å². The number of aromatic nitrogens is 1. The van der Waals surface area contributed by atoms with Crippen molar-refractivity contribution >= 4 is 5.91 Å². The highest BCUT2D eigenvalue weighted by atomic mass is 16.5. The number of rotatable bonds is 3. The lowest BCUT2D eigenvalue weighted by molar-refractivity contribution is -0.138. The Morgan fingerprint density at radius 2 is 2.09 bits per heavy atom. The molecule has 1 aliphatic rings. The lowest BCUT2D eigenvalue weighted by Gasteiger charge is -2.33. The maximum Gasteiger partial charge on any atom is 0.227 e. The minimum Gasteiger partial charge on any atom is -0.370 e. The fraction of sp³-hybridized carbons (Fsp3) is 0.412. The fourth-order valence-corrected chi connectivity index (χ4v) is 2.76. The van der Waals surface area contributed by atoms with Gasteiger partial charge in [0.15, 0.2) is 0 Å². The first-order chi connectivity index (χ1) is 10.6. The number of ether oxygens (including phenoxy) is 1. The Labute approximate surface area is 129 Å². The predicted molar refractivity (Wildman–Crippen MR) is 81.4 cm³/mol. The van der Waals surface area contributed by atoms with Crippen molar-refractivity contribution in [3.63, 3.8) is 0 Å². The maximum atomic E-state index is 12.5. The van der Waals surface area contributed by atoms with E-state index in [4.69, 9.17) is 9.26 Å². The van der Waals surface area contributed by atoms with E-state index < -0.39 is 0 Å². The zero-order valence-corrected chi connectivity index (χ0v) is 12.9. The highest BCUT2D eigenvalue weighted by Gasteiger charge is 2.26. The van der Waals surface area contributed by atoms with Gasteiger partial charge in [0, 0.05) is 12.1 Å². The van der Waals surface area contributed by atoms with E-state index >= 15 is 0 Å². The molecule has 1 amide bonds. The molecule has 1 aliphatic heterocycles. The van der Waals surface area contributed by atoms with Crippen LogP contribution < -0.4 is 0 Å². The molecule has 116 valence electrons. The third-order valence-corrected chi connectivity index (χ3v) is 4.10. The first kappa shape index (κ1) is 14.8. The molecule has 0 N–H and O–H groups in total. The summed E-state index contributed by atoms with van der Waals surface area (Å²) in [6.45, 7) is 5.49. The maximum absolute atomic E-state index is 12.5. The van der Waals surface area contributed by atoms with Gasteiger partial charge in [0.2, 0.25) is 5.91 Å². The Morgan fingerprint density at radius 1 is 1.32 bits per heavy atom. The number of nitrogens with zero attached hydrogens (tertiary/aromatic N) is 2. The largest absolute Gasteiger partial charge is 0.370 e. The molecule has 3 rings (SSSR count). The van der Waals surface area contributed by atoms with E-state index in [1.165, 1.54) is 0 Å². The predicted octanol–water partition coefficient (Wildman–Crippen LogP) is 2.43. The first-order valence-electron chi connectivity index (χ1n) is 7.51. The van der Waals surface area contributed by atoms with Crippen molar-refractivity contribution in [2.24, 2.45) is 0 Å². The van der Waals surface area contributed by atoms with Crippen molar-refractivity contribution in [1.82, 2.24) is 10.1 Å². The molecule has 5 nitrogen and oxygen atoms in total. The van der Waals surface area contributed by atoms with Crippen LogP contribution in [0.4, 0.5) is 0 Å². The van der Waals surface area contributed by atoms with Crippen LogP contribution in [-0.2, 0) is 16.0 Å². The Kier molecular flexibility index (Phi) is 4.24. The van der Waals surface area contributed by atoms with Crippen LogP contribution in [0.25, 0.3) is 0 Å². The molecule has 0 spiro atoms. The molecule has 2 heterocycles. The first-order valence-corrected chi connectivity index (χ1v) is 7.51. The highest BCUT2D eigenvalue weighted by molar-refractivity contribution is 5.79.